The van der Waals surface area contributed by atoms with Crippen molar-refractivity contribution in [1.82, 2.24) is 10.2 Å². The fourth-order valence-electron chi connectivity index (χ4n) is 2.59. The Morgan fingerprint density at radius 2 is 2.00 bits per heavy atom. The summed E-state index contributed by atoms with van der Waals surface area (Å²) in [6.45, 7) is 5.30. The van der Waals surface area contributed by atoms with Crippen LogP contribution in [-0.4, -0.2) is 42.5 Å². The molecule has 2 fully saturated rings. The van der Waals surface area contributed by atoms with Crippen molar-refractivity contribution in [3.05, 3.63) is 0 Å². The molecule has 0 aromatic carbocycles. The zero-order valence-electron chi connectivity index (χ0n) is 10.8. The highest BCUT2D eigenvalue weighted by molar-refractivity contribution is 5.80. The van der Waals surface area contributed by atoms with E-state index in [1.165, 1.54) is 32.1 Å². The van der Waals surface area contributed by atoms with Crippen LogP contribution in [-0.2, 0) is 4.79 Å². The van der Waals surface area contributed by atoms with Crippen LogP contribution in [0.5, 0.6) is 0 Å². The van der Waals surface area contributed by atoms with Gasteiger partial charge in [-0.1, -0.05) is 13.3 Å². The highest BCUT2D eigenvalue weighted by atomic mass is 16.1. The number of nitrogens with zero attached hydrogens (tertiary/aromatic N) is 1. The fourth-order valence-corrected chi connectivity index (χ4v) is 2.59. The Labute approximate surface area is 104 Å². The SMILES string of the molecule is CCC1CCN(CC(NC2CC2)C(N)=O)CC1. The lowest BCUT2D eigenvalue weighted by molar-refractivity contribution is -0.120. The summed E-state index contributed by atoms with van der Waals surface area (Å²) >= 11 is 0. The van der Waals surface area contributed by atoms with Crippen LogP contribution in [0, 0.1) is 5.92 Å². The lowest BCUT2D eigenvalue weighted by Crippen LogP contribution is -2.51. The second-order valence-electron chi connectivity index (χ2n) is 5.55. The smallest absolute Gasteiger partial charge is 0.235 e. The summed E-state index contributed by atoms with van der Waals surface area (Å²) in [4.78, 5) is 13.8. The van der Waals surface area contributed by atoms with E-state index in [1.54, 1.807) is 0 Å². The molecule has 3 N–H and O–H groups in total. The number of piperidine rings is 1. The first kappa shape index (κ1) is 12.8. The third kappa shape index (κ3) is 3.96. The van der Waals surface area contributed by atoms with E-state index < -0.39 is 0 Å². The van der Waals surface area contributed by atoms with Crippen LogP contribution < -0.4 is 11.1 Å². The van der Waals surface area contributed by atoms with Gasteiger partial charge in [-0.05, 0) is 44.7 Å². The number of nitrogens with one attached hydrogen (secondary N) is 1. The minimum atomic E-state index is -0.200. The van der Waals surface area contributed by atoms with Gasteiger partial charge in [-0.3, -0.25) is 4.79 Å². The molecule has 0 bridgehead atoms. The highest BCUT2D eigenvalue weighted by Gasteiger charge is 2.29. The largest absolute Gasteiger partial charge is 0.368 e. The number of amides is 1. The van der Waals surface area contributed by atoms with Crippen molar-refractivity contribution < 1.29 is 4.79 Å². The molecule has 0 aromatic rings. The van der Waals surface area contributed by atoms with Crippen molar-refractivity contribution in [2.24, 2.45) is 11.7 Å². The molecule has 0 aromatic heterocycles. The number of carbonyl (C=O) groups excluding carboxylic acids is 1. The van der Waals surface area contributed by atoms with E-state index >= 15 is 0 Å². The molecule has 1 amide bonds. The maximum Gasteiger partial charge on any atom is 0.235 e. The predicted octanol–water partition coefficient (Wildman–Crippen LogP) is 0.714. The Kier molecular flexibility index (Phi) is 4.40. The van der Waals surface area contributed by atoms with E-state index in [2.05, 4.69) is 17.1 Å². The van der Waals surface area contributed by atoms with Crippen LogP contribution in [0.2, 0.25) is 0 Å². The fraction of sp³-hybridized carbons (Fsp3) is 0.923. The standard InChI is InChI=1S/C13H25N3O/c1-2-10-5-7-16(8-6-10)9-12(13(14)17)15-11-3-4-11/h10-12,15H,2-9H2,1H3,(H2,14,17). The van der Waals surface area contributed by atoms with Gasteiger partial charge in [-0.2, -0.15) is 0 Å². The van der Waals surface area contributed by atoms with Gasteiger partial charge in [-0.15, -0.1) is 0 Å². The van der Waals surface area contributed by atoms with Crippen molar-refractivity contribution in [2.75, 3.05) is 19.6 Å². The molecular weight excluding hydrogens is 214 g/mol. The Morgan fingerprint density at radius 3 is 2.47 bits per heavy atom. The van der Waals surface area contributed by atoms with Crippen LogP contribution in [0.1, 0.15) is 39.0 Å². The molecule has 1 atom stereocenters. The Hall–Kier alpha value is -0.610. The quantitative estimate of drug-likeness (QED) is 0.718. The maximum atomic E-state index is 11.4. The Morgan fingerprint density at radius 1 is 1.35 bits per heavy atom. The average Bonchev–Trinajstić information content (AvgIpc) is 3.13. The normalized spacial score (nSPS) is 24.8. The molecule has 0 radical (unpaired) electrons. The number of primary amides is 1. The number of hydrogen-bond acceptors (Lipinski definition) is 3. The molecule has 1 saturated carbocycles. The maximum absolute atomic E-state index is 11.4. The van der Waals surface area contributed by atoms with Crippen molar-refractivity contribution in [2.45, 2.75) is 51.1 Å². The summed E-state index contributed by atoms with van der Waals surface area (Å²) in [5.41, 5.74) is 5.46. The van der Waals surface area contributed by atoms with Gasteiger partial charge in [0.15, 0.2) is 0 Å². The molecule has 1 aliphatic heterocycles. The van der Waals surface area contributed by atoms with Crippen molar-refractivity contribution in [3.8, 4) is 0 Å². The lowest BCUT2D eigenvalue weighted by Gasteiger charge is -2.33. The van der Waals surface area contributed by atoms with E-state index in [9.17, 15) is 4.79 Å². The molecule has 2 aliphatic rings. The van der Waals surface area contributed by atoms with E-state index in [1.807, 2.05) is 0 Å². The molecule has 4 nitrogen and oxygen atoms in total. The average molecular weight is 239 g/mol. The summed E-state index contributed by atoms with van der Waals surface area (Å²) in [7, 11) is 0. The monoisotopic (exact) mass is 239 g/mol. The van der Waals surface area contributed by atoms with E-state index in [0.29, 0.717) is 6.04 Å². The Bertz CT molecular complexity index is 257. The van der Waals surface area contributed by atoms with Crippen LogP contribution in [0.15, 0.2) is 0 Å². The zero-order valence-corrected chi connectivity index (χ0v) is 10.8. The third-order valence-electron chi connectivity index (χ3n) is 4.08. The number of nitrogens with two attached hydrogens (primary N) is 1. The summed E-state index contributed by atoms with van der Waals surface area (Å²) in [5, 5.41) is 3.35. The van der Waals surface area contributed by atoms with Gasteiger partial charge in [0, 0.05) is 12.6 Å². The molecule has 0 spiro atoms. The third-order valence-corrected chi connectivity index (χ3v) is 4.08. The molecule has 2 rings (SSSR count). The molecule has 1 saturated heterocycles. The van der Waals surface area contributed by atoms with E-state index in [0.717, 1.165) is 25.6 Å². The first-order valence-electron chi connectivity index (χ1n) is 6.96. The highest BCUT2D eigenvalue weighted by Crippen LogP contribution is 2.22. The molecule has 1 unspecified atom stereocenters. The van der Waals surface area contributed by atoms with Gasteiger partial charge in [-0.25, -0.2) is 0 Å². The van der Waals surface area contributed by atoms with Crippen LogP contribution in [0.4, 0.5) is 0 Å². The van der Waals surface area contributed by atoms with Crippen LogP contribution in [0.25, 0.3) is 0 Å². The molecule has 17 heavy (non-hydrogen) atoms. The summed E-state index contributed by atoms with van der Waals surface area (Å²) < 4.78 is 0. The van der Waals surface area contributed by atoms with Gasteiger partial charge in [0.2, 0.25) is 5.91 Å². The second-order valence-corrected chi connectivity index (χ2v) is 5.55. The lowest BCUT2D eigenvalue weighted by atomic mass is 9.94. The van der Waals surface area contributed by atoms with Crippen molar-refractivity contribution >= 4 is 5.91 Å². The number of likely N-dealkylation sites (tertiary alicyclic amines) is 1. The topological polar surface area (TPSA) is 58.4 Å². The predicted molar refractivity (Wildman–Crippen MR) is 68.6 cm³/mol. The second kappa shape index (κ2) is 5.83. The Balaban J connectivity index is 1.75. The van der Waals surface area contributed by atoms with Gasteiger partial charge in [0.25, 0.3) is 0 Å². The molecule has 1 aliphatic carbocycles. The summed E-state index contributed by atoms with van der Waals surface area (Å²) in [6.07, 6.45) is 6.22. The van der Waals surface area contributed by atoms with Gasteiger partial charge >= 0.3 is 0 Å². The minimum Gasteiger partial charge on any atom is -0.368 e. The van der Waals surface area contributed by atoms with Gasteiger partial charge in [0.1, 0.15) is 0 Å². The van der Waals surface area contributed by atoms with Crippen molar-refractivity contribution in [3.63, 3.8) is 0 Å². The number of hydrogen-bond donors (Lipinski definition) is 2. The zero-order chi connectivity index (χ0) is 12.3. The van der Waals surface area contributed by atoms with Crippen LogP contribution >= 0.6 is 0 Å². The van der Waals surface area contributed by atoms with Gasteiger partial charge < -0.3 is 16.0 Å². The molecule has 4 heteroatoms. The first-order chi connectivity index (χ1) is 8.19. The molecule has 1 heterocycles. The van der Waals surface area contributed by atoms with Crippen LogP contribution in [0.3, 0.4) is 0 Å². The number of rotatable bonds is 6. The molecular formula is C13H25N3O. The first-order valence-corrected chi connectivity index (χ1v) is 6.96. The summed E-state index contributed by atoms with van der Waals surface area (Å²) in [6, 6.07) is 0.390. The van der Waals surface area contributed by atoms with E-state index in [4.69, 9.17) is 5.73 Å². The molecule has 98 valence electrons. The summed E-state index contributed by atoms with van der Waals surface area (Å²) in [5.74, 6) is 0.684. The number of carbonyl (C=O) groups is 1. The van der Waals surface area contributed by atoms with Gasteiger partial charge in [0.05, 0.1) is 6.04 Å². The van der Waals surface area contributed by atoms with Crippen molar-refractivity contribution in [1.29, 1.82) is 0 Å². The van der Waals surface area contributed by atoms with E-state index in [-0.39, 0.29) is 11.9 Å². The minimum absolute atomic E-state index is 0.152.